The fourth-order valence-corrected chi connectivity index (χ4v) is 1.34. The Morgan fingerprint density at radius 3 is 2.53 bits per heavy atom. The van der Waals surface area contributed by atoms with Crippen LogP contribution in [-0.2, 0) is 11.2 Å². The third-order valence-corrected chi connectivity index (χ3v) is 2.18. The molecule has 0 aliphatic rings. The zero-order chi connectivity index (χ0) is 12.7. The fraction of sp³-hybridized carbons (Fsp3) is 0.273. The summed E-state index contributed by atoms with van der Waals surface area (Å²) in [5.41, 5.74) is 11.2. The van der Waals surface area contributed by atoms with Crippen LogP contribution in [0.15, 0.2) is 35.3 Å². The Labute approximate surface area is 99.3 Å². The monoisotopic (exact) mass is 236 g/mol. The van der Waals surface area contributed by atoms with E-state index in [-0.39, 0.29) is 12.6 Å². The van der Waals surface area contributed by atoms with Gasteiger partial charge in [0, 0.05) is 0 Å². The second-order valence-corrected chi connectivity index (χ2v) is 3.53. The summed E-state index contributed by atoms with van der Waals surface area (Å²) < 4.78 is 0. The van der Waals surface area contributed by atoms with Gasteiger partial charge in [-0.1, -0.05) is 30.3 Å². The van der Waals surface area contributed by atoms with Gasteiger partial charge in [0.25, 0.3) is 0 Å². The highest BCUT2D eigenvalue weighted by Crippen LogP contribution is 2.03. The number of carboxylic acid groups (broad SMARTS) is 1. The molecule has 0 aromatic heterocycles. The minimum absolute atomic E-state index is 0.0682. The van der Waals surface area contributed by atoms with E-state index in [1.54, 1.807) is 0 Å². The first-order valence-electron chi connectivity index (χ1n) is 5.15. The molecular formula is C11H16N4O2. The Kier molecular flexibility index (Phi) is 4.96. The molecule has 0 fully saturated rings. The predicted molar refractivity (Wildman–Crippen MR) is 65.4 cm³/mol. The number of rotatable bonds is 6. The number of hydrogen-bond acceptors (Lipinski definition) is 3. The van der Waals surface area contributed by atoms with E-state index < -0.39 is 12.0 Å². The lowest BCUT2D eigenvalue weighted by Gasteiger charge is -2.12. The molecule has 0 unspecified atom stereocenters. The van der Waals surface area contributed by atoms with Gasteiger partial charge < -0.3 is 16.6 Å². The van der Waals surface area contributed by atoms with Gasteiger partial charge in [0.2, 0.25) is 0 Å². The maximum atomic E-state index is 11.0. The SMILES string of the molecule is NC(N)=NCN[C@@H](Cc1ccccc1)C(=O)O. The largest absolute Gasteiger partial charge is 0.480 e. The zero-order valence-electron chi connectivity index (χ0n) is 9.34. The van der Waals surface area contributed by atoms with E-state index in [0.717, 1.165) is 5.56 Å². The van der Waals surface area contributed by atoms with Gasteiger partial charge in [0.1, 0.15) is 6.04 Å². The standard InChI is InChI=1S/C11H16N4O2/c12-11(13)15-7-14-9(10(16)17)6-8-4-2-1-3-5-8/h1-5,9,14H,6-7H2,(H,16,17)(H4,12,13,15)/t9-/m0/s1. The summed E-state index contributed by atoms with van der Waals surface area (Å²) in [6, 6.07) is 8.65. The number of aliphatic carboxylic acids is 1. The van der Waals surface area contributed by atoms with Crippen LogP contribution in [0.4, 0.5) is 0 Å². The molecule has 0 heterocycles. The summed E-state index contributed by atoms with van der Waals surface area (Å²) >= 11 is 0. The number of nitrogens with zero attached hydrogens (tertiary/aromatic N) is 1. The van der Waals surface area contributed by atoms with Crippen LogP contribution in [0.3, 0.4) is 0 Å². The van der Waals surface area contributed by atoms with Crippen molar-refractivity contribution in [2.75, 3.05) is 6.67 Å². The highest BCUT2D eigenvalue weighted by Gasteiger charge is 2.16. The van der Waals surface area contributed by atoms with Crippen molar-refractivity contribution >= 4 is 11.9 Å². The molecule has 0 aliphatic carbocycles. The van der Waals surface area contributed by atoms with Crippen LogP contribution >= 0.6 is 0 Å². The van der Waals surface area contributed by atoms with Crippen molar-refractivity contribution in [2.24, 2.45) is 16.5 Å². The zero-order valence-corrected chi connectivity index (χ0v) is 9.34. The number of nitrogens with one attached hydrogen (secondary N) is 1. The number of carbonyl (C=O) groups is 1. The normalized spacial score (nSPS) is 11.8. The first-order chi connectivity index (χ1) is 8.09. The van der Waals surface area contributed by atoms with Gasteiger partial charge in [-0.15, -0.1) is 0 Å². The molecule has 0 amide bonds. The number of hydrogen-bond donors (Lipinski definition) is 4. The summed E-state index contributed by atoms with van der Waals surface area (Å²) in [5, 5.41) is 11.8. The van der Waals surface area contributed by atoms with E-state index in [1.165, 1.54) is 0 Å². The van der Waals surface area contributed by atoms with Gasteiger partial charge in [0.05, 0.1) is 6.67 Å². The van der Waals surface area contributed by atoms with Crippen molar-refractivity contribution in [3.63, 3.8) is 0 Å². The lowest BCUT2D eigenvalue weighted by Crippen LogP contribution is -2.39. The molecule has 0 radical (unpaired) electrons. The third kappa shape index (κ3) is 4.98. The van der Waals surface area contributed by atoms with E-state index in [0.29, 0.717) is 6.42 Å². The first kappa shape index (κ1) is 13.0. The van der Waals surface area contributed by atoms with Crippen molar-refractivity contribution in [2.45, 2.75) is 12.5 Å². The first-order valence-corrected chi connectivity index (χ1v) is 5.15. The summed E-state index contributed by atoms with van der Waals surface area (Å²) in [5.74, 6) is -0.999. The topological polar surface area (TPSA) is 114 Å². The number of benzene rings is 1. The molecule has 92 valence electrons. The summed E-state index contributed by atoms with van der Waals surface area (Å²) in [6.07, 6.45) is 0.385. The van der Waals surface area contributed by atoms with Crippen LogP contribution < -0.4 is 16.8 Å². The summed E-state index contributed by atoms with van der Waals surface area (Å²) in [6.45, 7) is 0.0894. The van der Waals surface area contributed by atoms with E-state index >= 15 is 0 Å². The van der Waals surface area contributed by atoms with Gasteiger partial charge in [-0.25, -0.2) is 4.99 Å². The lowest BCUT2D eigenvalue weighted by molar-refractivity contribution is -0.139. The Balaban J connectivity index is 2.55. The third-order valence-electron chi connectivity index (χ3n) is 2.18. The molecule has 6 N–H and O–H groups in total. The Hall–Kier alpha value is -2.08. The molecule has 6 nitrogen and oxygen atoms in total. The molecule has 0 spiro atoms. The number of guanidine groups is 1. The summed E-state index contributed by atoms with van der Waals surface area (Å²) in [4.78, 5) is 14.7. The van der Waals surface area contributed by atoms with Gasteiger partial charge >= 0.3 is 5.97 Å². The Morgan fingerprint density at radius 1 is 1.35 bits per heavy atom. The minimum Gasteiger partial charge on any atom is -0.480 e. The molecule has 6 heteroatoms. The van der Waals surface area contributed by atoms with Crippen molar-refractivity contribution in [1.82, 2.24) is 5.32 Å². The van der Waals surface area contributed by atoms with Gasteiger partial charge in [-0.3, -0.25) is 10.1 Å². The fourth-order valence-electron chi connectivity index (χ4n) is 1.34. The van der Waals surface area contributed by atoms with Crippen LogP contribution in [0.25, 0.3) is 0 Å². The van der Waals surface area contributed by atoms with Crippen LogP contribution in [0.5, 0.6) is 0 Å². The van der Waals surface area contributed by atoms with Crippen molar-refractivity contribution in [3.8, 4) is 0 Å². The van der Waals surface area contributed by atoms with E-state index in [9.17, 15) is 4.79 Å². The number of nitrogens with two attached hydrogens (primary N) is 2. The molecule has 1 atom stereocenters. The number of carboxylic acids is 1. The van der Waals surface area contributed by atoms with Gasteiger partial charge in [0.15, 0.2) is 5.96 Å². The van der Waals surface area contributed by atoms with Crippen molar-refractivity contribution in [3.05, 3.63) is 35.9 Å². The van der Waals surface area contributed by atoms with Crippen LogP contribution in [-0.4, -0.2) is 29.7 Å². The van der Waals surface area contributed by atoms with Crippen LogP contribution in [0.2, 0.25) is 0 Å². The van der Waals surface area contributed by atoms with Crippen molar-refractivity contribution < 1.29 is 9.90 Å². The minimum atomic E-state index is -0.931. The van der Waals surface area contributed by atoms with Crippen LogP contribution in [0, 0.1) is 0 Å². The average Bonchev–Trinajstić information content (AvgIpc) is 2.28. The predicted octanol–water partition coefficient (Wildman–Crippen LogP) is -0.497. The molecule has 0 saturated carbocycles. The van der Waals surface area contributed by atoms with E-state index in [4.69, 9.17) is 16.6 Å². The molecule has 1 rings (SSSR count). The Bertz CT molecular complexity index is 388. The average molecular weight is 236 g/mol. The smallest absolute Gasteiger partial charge is 0.321 e. The lowest BCUT2D eigenvalue weighted by atomic mass is 10.1. The maximum absolute atomic E-state index is 11.0. The molecule has 17 heavy (non-hydrogen) atoms. The molecule has 1 aromatic carbocycles. The maximum Gasteiger partial charge on any atom is 0.321 e. The Morgan fingerprint density at radius 2 is 2.00 bits per heavy atom. The molecular weight excluding hydrogens is 220 g/mol. The second-order valence-electron chi connectivity index (χ2n) is 3.53. The summed E-state index contributed by atoms with van der Waals surface area (Å²) in [7, 11) is 0. The molecule has 0 bridgehead atoms. The van der Waals surface area contributed by atoms with Gasteiger partial charge in [-0.05, 0) is 12.0 Å². The number of aliphatic imine (C=N–C) groups is 1. The second kappa shape index (κ2) is 6.49. The highest BCUT2D eigenvalue weighted by atomic mass is 16.4. The molecule has 0 aliphatic heterocycles. The van der Waals surface area contributed by atoms with Gasteiger partial charge in [-0.2, -0.15) is 0 Å². The quantitative estimate of drug-likeness (QED) is 0.393. The van der Waals surface area contributed by atoms with Crippen LogP contribution in [0.1, 0.15) is 5.56 Å². The van der Waals surface area contributed by atoms with Crippen molar-refractivity contribution in [1.29, 1.82) is 0 Å². The van der Waals surface area contributed by atoms with E-state index in [1.807, 2.05) is 30.3 Å². The molecule has 0 saturated heterocycles. The molecule has 1 aromatic rings. The highest BCUT2D eigenvalue weighted by molar-refractivity contribution is 5.76. The van der Waals surface area contributed by atoms with E-state index in [2.05, 4.69) is 10.3 Å².